The SMILES string of the molecule is CCCC[C@H](N)C(=O)NC1CCCC(C)C1C. The number of nitrogens with two attached hydrogens (primary N) is 1. The van der Waals surface area contributed by atoms with E-state index in [-0.39, 0.29) is 11.9 Å². The Labute approximate surface area is 106 Å². The molecule has 1 aliphatic rings. The highest BCUT2D eigenvalue weighted by atomic mass is 16.2. The second kappa shape index (κ2) is 7.00. The highest BCUT2D eigenvalue weighted by Gasteiger charge is 2.29. The molecule has 0 aliphatic heterocycles. The predicted molar refractivity (Wildman–Crippen MR) is 71.6 cm³/mol. The van der Waals surface area contributed by atoms with Crippen LogP contribution in [0.25, 0.3) is 0 Å². The molecule has 1 aliphatic carbocycles. The monoisotopic (exact) mass is 240 g/mol. The predicted octanol–water partition coefficient (Wildman–Crippen LogP) is 2.44. The zero-order valence-electron chi connectivity index (χ0n) is 11.5. The molecule has 1 fully saturated rings. The van der Waals surface area contributed by atoms with Crippen LogP contribution >= 0.6 is 0 Å². The van der Waals surface area contributed by atoms with E-state index < -0.39 is 0 Å². The maximum absolute atomic E-state index is 11.9. The van der Waals surface area contributed by atoms with Gasteiger partial charge in [0.1, 0.15) is 0 Å². The van der Waals surface area contributed by atoms with Crippen LogP contribution in [0.4, 0.5) is 0 Å². The van der Waals surface area contributed by atoms with Crippen molar-refractivity contribution in [1.82, 2.24) is 5.32 Å². The largest absolute Gasteiger partial charge is 0.352 e. The van der Waals surface area contributed by atoms with Gasteiger partial charge >= 0.3 is 0 Å². The fraction of sp³-hybridized carbons (Fsp3) is 0.929. The number of nitrogens with one attached hydrogen (secondary N) is 1. The fourth-order valence-corrected chi connectivity index (χ4v) is 2.63. The van der Waals surface area contributed by atoms with Gasteiger partial charge in [0.05, 0.1) is 6.04 Å². The van der Waals surface area contributed by atoms with E-state index >= 15 is 0 Å². The Kier molecular flexibility index (Phi) is 5.96. The van der Waals surface area contributed by atoms with Crippen molar-refractivity contribution in [2.45, 2.75) is 71.4 Å². The van der Waals surface area contributed by atoms with Crippen LogP contribution in [0, 0.1) is 11.8 Å². The van der Waals surface area contributed by atoms with Crippen LogP contribution in [0.1, 0.15) is 59.3 Å². The number of hydrogen-bond donors (Lipinski definition) is 2. The van der Waals surface area contributed by atoms with Gasteiger partial charge in [0.15, 0.2) is 0 Å². The topological polar surface area (TPSA) is 55.1 Å². The summed E-state index contributed by atoms with van der Waals surface area (Å²) in [5.74, 6) is 1.33. The normalized spacial score (nSPS) is 30.9. The molecule has 1 saturated carbocycles. The molecule has 3 heteroatoms. The van der Waals surface area contributed by atoms with E-state index in [0.717, 1.165) is 25.7 Å². The summed E-state index contributed by atoms with van der Waals surface area (Å²) < 4.78 is 0. The average molecular weight is 240 g/mol. The maximum Gasteiger partial charge on any atom is 0.237 e. The molecule has 0 aromatic rings. The van der Waals surface area contributed by atoms with E-state index in [1.807, 2.05) is 0 Å². The van der Waals surface area contributed by atoms with Crippen molar-refractivity contribution in [1.29, 1.82) is 0 Å². The fourth-order valence-electron chi connectivity index (χ4n) is 2.63. The molecule has 0 aromatic carbocycles. The smallest absolute Gasteiger partial charge is 0.237 e. The molecule has 0 heterocycles. The van der Waals surface area contributed by atoms with Gasteiger partial charge in [-0.05, 0) is 24.7 Å². The van der Waals surface area contributed by atoms with E-state index in [9.17, 15) is 4.79 Å². The highest BCUT2D eigenvalue weighted by Crippen LogP contribution is 2.29. The van der Waals surface area contributed by atoms with Crippen LogP contribution in [0.2, 0.25) is 0 Å². The van der Waals surface area contributed by atoms with Gasteiger partial charge in [0.2, 0.25) is 5.91 Å². The third-order valence-electron chi connectivity index (χ3n) is 4.24. The average Bonchev–Trinajstić information content (AvgIpc) is 2.31. The summed E-state index contributed by atoms with van der Waals surface area (Å²) >= 11 is 0. The number of unbranched alkanes of at least 4 members (excludes halogenated alkanes) is 1. The van der Waals surface area contributed by atoms with Crippen molar-refractivity contribution >= 4 is 5.91 Å². The quantitative estimate of drug-likeness (QED) is 0.775. The minimum Gasteiger partial charge on any atom is -0.352 e. The lowest BCUT2D eigenvalue weighted by atomic mass is 9.78. The summed E-state index contributed by atoms with van der Waals surface area (Å²) in [6, 6.07) is 0.0123. The first-order valence-electron chi connectivity index (χ1n) is 7.12. The molecule has 3 unspecified atom stereocenters. The molecule has 0 aromatic heterocycles. The third kappa shape index (κ3) is 4.30. The molecule has 0 radical (unpaired) electrons. The molecular weight excluding hydrogens is 212 g/mol. The van der Waals surface area contributed by atoms with E-state index in [1.165, 1.54) is 12.8 Å². The van der Waals surface area contributed by atoms with Crippen LogP contribution in [0.3, 0.4) is 0 Å². The van der Waals surface area contributed by atoms with E-state index in [4.69, 9.17) is 5.73 Å². The van der Waals surface area contributed by atoms with E-state index in [2.05, 4.69) is 26.1 Å². The van der Waals surface area contributed by atoms with Gasteiger partial charge in [-0.3, -0.25) is 4.79 Å². The van der Waals surface area contributed by atoms with E-state index in [0.29, 0.717) is 17.9 Å². The van der Waals surface area contributed by atoms with Crippen LogP contribution in [-0.4, -0.2) is 18.0 Å². The summed E-state index contributed by atoms with van der Waals surface area (Å²) in [7, 11) is 0. The second-order valence-corrected chi connectivity index (χ2v) is 5.63. The molecule has 3 nitrogen and oxygen atoms in total. The summed E-state index contributed by atoms with van der Waals surface area (Å²) in [5, 5.41) is 3.14. The molecule has 3 N–H and O–H groups in total. The van der Waals surface area contributed by atoms with Gasteiger partial charge in [0, 0.05) is 6.04 Å². The Balaban J connectivity index is 2.39. The van der Waals surface area contributed by atoms with Gasteiger partial charge in [-0.25, -0.2) is 0 Å². The van der Waals surface area contributed by atoms with Gasteiger partial charge < -0.3 is 11.1 Å². The minimum atomic E-state index is -0.320. The molecular formula is C14H28N2O. The van der Waals surface area contributed by atoms with Gasteiger partial charge in [0.25, 0.3) is 0 Å². The molecule has 17 heavy (non-hydrogen) atoms. The lowest BCUT2D eigenvalue weighted by Gasteiger charge is -2.35. The summed E-state index contributed by atoms with van der Waals surface area (Å²) in [6.45, 7) is 6.64. The summed E-state index contributed by atoms with van der Waals surface area (Å²) in [5.41, 5.74) is 5.89. The molecule has 1 rings (SSSR count). The van der Waals surface area contributed by atoms with Crippen LogP contribution in [0.15, 0.2) is 0 Å². The Morgan fingerprint density at radius 3 is 2.76 bits per heavy atom. The first-order valence-corrected chi connectivity index (χ1v) is 7.12. The minimum absolute atomic E-state index is 0.0457. The molecule has 0 spiro atoms. The van der Waals surface area contributed by atoms with Crippen molar-refractivity contribution in [3.63, 3.8) is 0 Å². The number of amides is 1. The number of carbonyl (C=O) groups excluding carboxylic acids is 1. The van der Waals surface area contributed by atoms with Crippen LogP contribution in [0.5, 0.6) is 0 Å². The van der Waals surface area contributed by atoms with Gasteiger partial charge in [-0.15, -0.1) is 0 Å². The zero-order valence-corrected chi connectivity index (χ0v) is 11.5. The third-order valence-corrected chi connectivity index (χ3v) is 4.24. The number of hydrogen-bond acceptors (Lipinski definition) is 2. The Hall–Kier alpha value is -0.570. The van der Waals surface area contributed by atoms with Crippen molar-refractivity contribution in [2.24, 2.45) is 17.6 Å². The number of rotatable bonds is 5. The number of carbonyl (C=O) groups is 1. The molecule has 4 atom stereocenters. The standard InChI is InChI=1S/C14H28N2O/c1-4-5-8-12(15)14(17)16-13-9-6-7-10(2)11(13)3/h10-13H,4-9,15H2,1-3H3,(H,16,17)/t10?,11?,12-,13?/m0/s1. The van der Waals surface area contributed by atoms with E-state index in [1.54, 1.807) is 0 Å². The second-order valence-electron chi connectivity index (χ2n) is 5.63. The van der Waals surface area contributed by atoms with Crippen molar-refractivity contribution in [3.8, 4) is 0 Å². The first-order chi connectivity index (χ1) is 8.06. The van der Waals surface area contributed by atoms with Gasteiger partial charge in [-0.2, -0.15) is 0 Å². The molecule has 100 valence electrons. The zero-order chi connectivity index (χ0) is 12.8. The first kappa shape index (κ1) is 14.5. The maximum atomic E-state index is 11.9. The Bertz CT molecular complexity index is 242. The Morgan fingerprint density at radius 2 is 2.12 bits per heavy atom. The van der Waals surface area contributed by atoms with Gasteiger partial charge in [-0.1, -0.05) is 46.5 Å². The van der Waals surface area contributed by atoms with Crippen molar-refractivity contribution in [3.05, 3.63) is 0 Å². The summed E-state index contributed by atoms with van der Waals surface area (Å²) in [6.07, 6.45) is 6.55. The lowest BCUT2D eigenvalue weighted by molar-refractivity contribution is -0.124. The molecule has 0 bridgehead atoms. The molecule has 1 amide bonds. The van der Waals surface area contributed by atoms with Crippen molar-refractivity contribution < 1.29 is 4.79 Å². The van der Waals surface area contributed by atoms with Crippen molar-refractivity contribution in [2.75, 3.05) is 0 Å². The highest BCUT2D eigenvalue weighted by molar-refractivity contribution is 5.81. The molecule has 0 saturated heterocycles. The van der Waals surface area contributed by atoms with Crippen LogP contribution < -0.4 is 11.1 Å². The lowest BCUT2D eigenvalue weighted by Crippen LogP contribution is -2.49. The summed E-state index contributed by atoms with van der Waals surface area (Å²) in [4.78, 5) is 11.9. The van der Waals surface area contributed by atoms with Crippen LogP contribution in [-0.2, 0) is 4.79 Å². The Morgan fingerprint density at radius 1 is 1.41 bits per heavy atom.